The van der Waals surface area contributed by atoms with Crippen LogP contribution < -0.4 is 0 Å². The first-order valence-electron chi connectivity index (χ1n) is 8.39. The molecule has 3 nitrogen and oxygen atoms in total. The van der Waals surface area contributed by atoms with Crippen LogP contribution in [0.2, 0.25) is 0 Å². The Labute approximate surface area is 141 Å². The lowest BCUT2D eigenvalue weighted by Crippen LogP contribution is -2.55. The molecule has 3 atom stereocenters. The minimum Gasteiger partial charge on any atom is -0.463 e. The van der Waals surface area contributed by atoms with E-state index in [1.54, 1.807) is 0 Å². The van der Waals surface area contributed by atoms with Gasteiger partial charge in [0.1, 0.15) is 12.0 Å². The van der Waals surface area contributed by atoms with Gasteiger partial charge in [0.2, 0.25) is 0 Å². The lowest BCUT2D eigenvalue weighted by atomic mass is 9.47. The Morgan fingerprint density at radius 3 is 2.67 bits per heavy atom. The Bertz CT molecular complexity index is 781. The zero-order valence-electron chi connectivity index (χ0n) is 13.4. The molecule has 0 radical (unpaired) electrons. The fourth-order valence-corrected chi connectivity index (χ4v) is 4.40. The second-order valence-corrected chi connectivity index (χ2v) is 6.42. The summed E-state index contributed by atoms with van der Waals surface area (Å²) in [6.45, 7) is -0.110. The first-order valence-corrected chi connectivity index (χ1v) is 8.39. The van der Waals surface area contributed by atoms with Gasteiger partial charge in [-0.2, -0.15) is 0 Å². The molecule has 0 spiro atoms. The van der Waals surface area contributed by atoms with Gasteiger partial charge in [-0.25, -0.2) is 0 Å². The Balaban J connectivity index is 1.86. The fourth-order valence-electron chi connectivity index (χ4n) is 4.40. The van der Waals surface area contributed by atoms with Crippen LogP contribution in [0, 0.1) is 0 Å². The van der Waals surface area contributed by atoms with Crippen LogP contribution in [0.1, 0.15) is 34.9 Å². The van der Waals surface area contributed by atoms with Crippen LogP contribution >= 0.6 is 0 Å². The number of carbonyl (C=O) groups excluding carboxylic acids is 1. The van der Waals surface area contributed by atoms with Crippen molar-refractivity contribution in [1.82, 2.24) is 0 Å². The third-order valence-corrected chi connectivity index (χ3v) is 5.35. The van der Waals surface area contributed by atoms with Gasteiger partial charge < -0.3 is 9.84 Å². The summed E-state index contributed by atoms with van der Waals surface area (Å²) in [6, 6.07) is 18.3. The number of hydrogen-bond donors (Lipinski definition) is 1. The number of allylic oxidation sites excluding steroid dienone is 2. The maximum Gasteiger partial charge on any atom is 0.318 e. The first kappa shape index (κ1) is 15.2. The molecule has 0 saturated carbocycles. The van der Waals surface area contributed by atoms with Crippen molar-refractivity contribution in [2.75, 3.05) is 13.2 Å². The highest BCUT2D eigenvalue weighted by molar-refractivity contribution is 5.91. The average Bonchev–Trinajstić information content (AvgIpc) is 2.64. The van der Waals surface area contributed by atoms with Crippen molar-refractivity contribution < 1.29 is 14.6 Å². The van der Waals surface area contributed by atoms with E-state index in [2.05, 4.69) is 30.4 Å². The molecular formula is C21H20O3. The number of aliphatic hydroxyl groups excluding tert-OH is 1. The molecule has 2 aromatic carbocycles. The van der Waals surface area contributed by atoms with Gasteiger partial charge in [0.05, 0.1) is 6.61 Å². The summed E-state index contributed by atoms with van der Waals surface area (Å²) in [5.41, 5.74) is 2.75. The van der Waals surface area contributed by atoms with Crippen molar-refractivity contribution in [3.05, 3.63) is 83.4 Å². The highest BCUT2D eigenvalue weighted by atomic mass is 16.5. The van der Waals surface area contributed by atoms with Crippen LogP contribution in [0.15, 0.2) is 66.7 Å². The summed E-state index contributed by atoms with van der Waals surface area (Å²) >= 11 is 0. The molecule has 0 aromatic heterocycles. The molecular weight excluding hydrogens is 300 g/mol. The lowest BCUT2D eigenvalue weighted by molar-refractivity contribution is -0.155. The van der Waals surface area contributed by atoms with Crippen molar-refractivity contribution in [2.24, 2.45) is 0 Å². The summed E-state index contributed by atoms with van der Waals surface area (Å²) in [4.78, 5) is 13.1. The number of aliphatic hydroxyl groups is 1. The van der Waals surface area contributed by atoms with E-state index in [9.17, 15) is 4.79 Å². The van der Waals surface area contributed by atoms with Gasteiger partial charge in [0.15, 0.2) is 0 Å². The van der Waals surface area contributed by atoms with Crippen molar-refractivity contribution >= 4 is 5.97 Å². The smallest absolute Gasteiger partial charge is 0.318 e. The van der Waals surface area contributed by atoms with Crippen LogP contribution in [0.4, 0.5) is 0 Å². The summed E-state index contributed by atoms with van der Waals surface area (Å²) in [5.74, 6) is -0.132. The summed E-state index contributed by atoms with van der Waals surface area (Å²) in [7, 11) is 0. The number of hydrogen-bond acceptors (Lipinski definition) is 3. The van der Waals surface area contributed by atoms with Crippen LogP contribution in [-0.2, 0) is 14.9 Å². The maximum absolute atomic E-state index is 13.1. The van der Waals surface area contributed by atoms with Crippen molar-refractivity contribution in [2.45, 2.75) is 23.7 Å². The van der Waals surface area contributed by atoms with Crippen LogP contribution in [0.3, 0.4) is 0 Å². The van der Waals surface area contributed by atoms with Gasteiger partial charge in [0.25, 0.3) is 0 Å². The molecule has 24 heavy (non-hydrogen) atoms. The minimum atomic E-state index is -0.679. The molecule has 0 saturated heterocycles. The Hall–Kier alpha value is -2.39. The molecule has 2 aliphatic carbocycles. The van der Waals surface area contributed by atoms with Crippen LogP contribution in [0.5, 0.6) is 0 Å². The number of rotatable bonds is 4. The highest BCUT2D eigenvalue weighted by Crippen LogP contribution is 2.62. The van der Waals surface area contributed by atoms with E-state index in [1.807, 2.05) is 36.4 Å². The third-order valence-electron chi connectivity index (χ3n) is 5.35. The van der Waals surface area contributed by atoms with Gasteiger partial charge >= 0.3 is 5.97 Å². The fraction of sp³-hybridized carbons (Fsp3) is 0.286. The average molecular weight is 320 g/mol. The van der Waals surface area contributed by atoms with Gasteiger partial charge in [0, 0.05) is 11.8 Å². The van der Waals surface area contributed by atoms with Gasteiger partial charge in [-0.1, -0.05) is 66.7 Å². The molecule has 0 amide bonds. The second-order valence-electron chi connectivity index (χ2n) is 6.42. The zero-order valence-corrected chi connectivity index (χ0v) is 13.4. The maximum atomic E-state index is 13.1. The lowest BCUT2D eigenvalue weighted by Gasteiger charge is -2.54. The summed E-state index contributed by atoms with van der Waals surface area (Å²) in [5, 5.41) is 9.07. The first-order chi connectivity index (χ1) is 11.8. The molecule has 1 unspecified atom stereocenters. The molecule has 0 bridgehead atoms. The zero-order chi connectivity index (χ0) is 16.6. The Morgan fingerprint density at radius 1 is 1.12 bits per heavy atom. The summed E-state index contributed by atoms with van der Waals surface area (Å²) < 4.78 is 5.44. The minimum absolute atomic E-state index is 0.0406. The molecule has 0 aliphatic heterocycles. The molecule has 4 rings (SSSR count). The quantitative estimate of drug-likeness (QED) is 0.694. The van der Waals surface area contributed by atoms with Gasteiger partial charge in [-0.3, -0.25) is 4.79 Å². The van der Waals surface area contributed by atoms with Crippen LogP contribution in [-0.4, -0.2) is 24.3 Å². The van der Waals surface area contributed by atoms with Crippen LogP contribution in [0.25, 0.3) is 0 Å². The number of carbonyl (C=O) groups is 1. The second kappa shape index (κ2) is 5.91. The van der Waals surface area contributed by atoms with E-state index in [4.69, 9.17) is 9.84 Å². The van der Waals surface area contributed by atoms with E-state index >= 15 is 0 Å². The molecule has 2 aliphatic rings. The standard InChI is InChI=1S/C21H20O3/c22-13-14-24-20(23)21-17(15-7-2-1-3-8-15)11-6-12-19(21)16-9-4-5-10-18(16)21/h1-10,12,17,19,22H,11,13-14H2/t17-,19?,21+/m1/s1. The number of ether oxygens (including phenoxy) is 1. The normalized spacial score (nSPS) is 26.9. The molecule has 0 fully saturated rings. The largest absolute Gasteiger partial charge is 0.463 e. The van der Waals surface area contributed by atoms with E-state index in [1.165, 1.54) is 5.56 Å². The van der Waals surface area contributed by atoms with Crippen molar-refractivity contribution in [3.63, 3.8) is 0 Å². The van der Waals surface area contributed by atoms with E-state index in [-0.39, 0.29) is 31.0 Å². The molecule has 2 aromatic rings. The monoisotopic (exact) mass is 320 g/mol. The van der Waals surface area contributed by atoms with Crippen molar-refractivity contribution in [1.29, 1.82) is 0 Å². The van der Waals surface area contributed by atoms with Gasteiger partial charge in [-0.05, 0) is 23.1 Å². The Kier molecular flexibility index (Phi) is 3.73. The van der Waals surface area contributed by atoms with E-state index in [0.717, 1.165) is 17.5 Å². The number of benzene rings is 2. The molecule has 122 valence electrons. The molecule has 0 heterocycles. The van der Waals surface area contributed by atoms with Gasteiger partial charge in [-0.15, -0.1) is 0 Å². The topological polar surface area (TPSA) is 46.5 Å². The predicted octanol–water partition coefficient (Wildman–Crippen LogP) is 3.30. The highest BCUT2D eigenvalue weighted by Gasteiger charge is 2.62. The summed E-state index contributed by atoms with van der Waals surface area (Å²) in [6.07, 6.45) is 5.13. The third kappa shape index (κ3) is 1.98. The number of fused-ring (bicyclic) bond motifs is 4. The molecule has 1 N–H and O–H groups in total. The molecule has 3 heteroatoms. The Morgan fingerprint density at radius 2 is 1.88 bits per heavy atom. The van der Waals surface area contributed by atoms with E-state index in [0.29, 0.717) is 0 Å². The SMILES string of the molecule is O=C(OCCO)[C@@]12c3ccccc3C1C=CC[C@@H]2c1ccccc1. The number of esters is 1. The van der Waals surface area contributed by atoms with Crippen molar-refractivity contribution in [3.8, 4) is 0 Å². The van der Waals surface area contributed by atoms with E-state index < -0.39 is 5.41 Å². The predicted molar refractivity (Wildman–Crippen MR) is 91.8 cm³/mol.